The van der Waals surface area contributed by atoms with Gasteiger partial charge in [0.15, 0.2) is 0 Å². The standard InChI is InChI=1S/C14H21NO2/c1-15(9-13-5-3-2-4-6-13)10-14(11-16)7-8-17-12-14/h2-6,16H,7-12H2,1H3. The van der Waals surface area contributed by atoms with Gasteiger partial charge in [-0.25, -0.2) is 0 Å². The van der Waals surface area contributed by atoms with Crippen LogP contribution in [-0.4, -0.2) is 43.4 Å². The number of hydrogen-bond acceptors (Lipinski definition) is 3. The van der Waals surface area contributed by atoms with Crippen LogP contribution in [-0.2, 0) is 11.3 Å². The Bertz CT molecular complexity index is 333. The molecule has 94 valence electrons. The highest BCUT2D eigenvalue weighted by molar-refractivity contribution is 5.14. The first kappa shape index (κ1) is 12.6. The van der Waals surface area contributed by atoms with Crippen molar-refractivity contribution < 1.29 is 9.84 Å². The van der Waals surface area contributed by atoms with Gasteiger partial charge in [0.1, 0.15) is 0 Å². The lowest BCUT2D eigenvalue weighted by molar-refractivity contribution is 0.0625. The molecule has 0 amide bonds. The van der Waals surface area contributed by atoms with E-state index in [0.29, 0.717) is 6.61 Å². The van der Waals surface area contributed by atoms with Gasteiger partial charge in [-0.3, -0.25) is 0 Å². The van der Waals surface area contributed by atoms with Crippen LogP contribution >= 0.6 is 0 Å². The summed E-state index contributed by atoms with van der Waals surface area (Å²) in [5.41, 5.74) is 1.26. The number of benzene rings is 1. The van der Waals surface area contributed by atoms with Gasteiger partial charge in [-0.2, -0.15) is 0 Å². The van der Waals surface area contributed by atoms with Gasteiger partial charge in [0.2, 0.25) is 0 Å². The van der Waals surface area contributed by atoms with E-state index in [1.807, 2.05) is 6.07 Å². The molecule has 0 radical (unpaired) electrons. The van der Waals surface area contributed by atoms with E-state index in [0.717, 1.165) is 26.1 Å². The summed E-state index contributed by atoms with van der Waals surface area (Å²) in [6.07, 6.45) is 0.961. The van der Waals surface area contributed by atoms with E-state index >= 15 is 0 Å². The zero-order valence-corrected chi connectivity index (χ0v) is 10.4. The van der Waals surface area contributed by atoms with Crippen LogP contribution in [0.4, 0.5) is 0 Å². The van der Waals surface area contributed by atoms with Crippen molar-refractivity contribution in [2.75, 3.05) is 33.4 Å². The first-order valence-electron chi connectivity index (χ1n) is 6.15. The Balaban J connectivity index is 1.90. The van der Waals surface area contributed by atoms with Gasteiger partial charge in [-0.15, -0.1) is 0 Å². The molecule has 3 heteroatoms. The van der Waals surface area contributed by atoms with Crippen molar-refractivity contribution >= 4 is 0 Å². The molecule has 0 aliphatic carbocycles. The predicted octanol–water partition coefficient (Wildman–Crippen LogP) is 1.52. The average Bonchev–Trinajstić information content (AvgIpc) is 2.79. The van der Waals surface area contributed by atoms with Crippen molar-refractivity contribution in [3.63, 3.8) is 0 Å². The highest BCUT2D eigenvalue weighted by atomic mass is 16.5. The second-order valence-corrected chi connectivity index (χ2v) is 5.12. The molecule has 1 saturated heterocycles. The molecule has 1 atom stereocenters. The molecule has 1 fully saturated rings. The van der Waals surface area contributed by atoms with Gasteiger partial charge in [-0.1, -0.05) is 30.3 Å². The largest absolute Gasteiger partial charge is 0.396 e. The van der Waals surface area contributed by atoms with Gasteiger partial charge in [0.25, 0.3) is 0 Å². The predicted molar refractivity (Wildman–Crippen MR) is 67.7 cm³/mol. The van der Waals surface area contributed by atoms with Crippen LogP contribution in [0.1, 0.15) is 12.0 Å². The lowest BCUT2D eigenvalue weighted by atomic mass is 9.88. The summed E-state index contributed by atoms with van der Waals surface area (Å²) in [4.78, 5) is 2.26. The fourth-order valence-electron chi connectivity index (χ4n) is 2.47. The van der Waals surface area contributed by atoms with Crippen molar-refractivity contribution in [1.82, 2.24) is 4.90 Å². The Labute approximate surface area is 103 Å². The second-order valence-electron chi connectivity index (χ2n) is 5.12. The van der Waals surface area contributed by atoms with Gasteiger partial charge in [0.05, 0.1) is 13.2 Å². The molecule has 0 aromatic heterocycles. The van der Waals surface area contributed by atoms with Crippen LogP contribution in [0.2, 0.25) is 0 Å². The summed E-state index contributed by atoms with van der Waals surface area (Å²) < 4.78 is 5.42. The second kappa shape index (κ2) is 5.63. The number of aliphatic hydroxyl groups is 1. The molecular formula is C14H21NO2. The van der Waals surface area contributed by atoms with Crippen molar-refractivity contribution in [2.45, 2.75) is 13.0 Å². The van der Waals surface area contributed by atoms with E-state index in [4.69, 9.17) is 4.74 Å². The summed E-state index contributed by atoms with van der Waals surface area (Å²) in [5, 5.41) is 9.52. The summed E-state index contributed by atoms with van der Waals surface area (Å²) >= 11 is 0. The minimum absolute atomic E-state index is 0.0521. The SMILES string of the molecule is CN(Cc1ccccc1)CC1(CO)CCOC1. The topological polar surface area (TPSA) is 32.7 Å². The third kappa shape index (κ3) is 3.28. The van der Waals surface area contributed by atoms with Crippen molar-refractivity contribution in [2.24, 2.45) is 5.41 Å². The Kier molecular flexibility index (Phi) is 4.15. The van der Waals surface area contributed by atoms with Crippen molar-refractivity contribution in [1.29, 1.82) is 0 Å². The first-order chi connectivity index (χ1) is 8.24. The molecule has 1 N–H and O–H groups in total. The molecule has 1 unspecified atom stereocenters. The maximum absolute atomic E-state index is 9.52. The smallest absolute Gasteiger partial charge is 0.0557 e. The Hall–Kier alpha value is -0.900. The Morgan fingerprint density at radius 1 is 1.35 bits per heavy atom. The van der Waals surface area contributed by atoms with E-state index in [1.54, 1.807) is 0 Å². The van der Waals surface area contributed by atoms with Crippen LogP contribution in [0.3, 0.4) is 0 Å². The summed E-state index contributed by atoms with van der Waals surface area (Å²) in [6, 6.07) is 10.4. The quantitative estimate of drug-likeness (QED) is 0.840. The molecule has 0 saturated carbocycles. The molecule has 1 aliphatic heterocycles. The highest BCUT2D eigenvalue weighted by Crippen LogP contribution is 2.29. The number of nitrogens with zero attached hydrogens (tertiary/aromatic N) is 1. The lowest BCUT2D eigenvalue weighted by Gasteiger charge is -2.30. The van der Waals surface area contributed by atoms with Crippen LogP contribution in [0.15, 0.2) is 30.3 Å². The van der Waals surface area contributed by atoms with E-state index in [-0.39, 0.29) is 12.0 Å². The Morgan fingerprint density at radius 3 is 2.71 bits per heavy atom. The third-order valence-corrected chi connectivity index (χ3v) is 3.42. The van der Waals surface area contributed by atoms with Crippen LogP contribution < -0.4 is 0 Å². The van der Waals surface area contributed by atoms with Crippen molar-refractivity contribution in [3.8, 4) is 0 Å². The fraction of sp³-hybridized carbons (Fsp3) is 0.571. The fourth-order valence-corrected chi connectivity index (χ4v) is 2.47. The van der Waals surface area contributed by atoms with Crippen LogP contribution in [0.5, 0.6) is 0 Å². The van der Waals surface area contributed by atoms with Gasteiger partial charge >= 0.3 is 0 Å². The summed E-state index contributed by atoms with van der Waals surface area (Å²) in [7, 11) is 2.10. The normalized spacial score (nSPS) is 24.4. The molecule has 1 aromatic rings. The number of aliphatic hydroxyl groups excluding tert-OH is 1. The van der Waals surface area contributed by atoms with E-state index < -0.39 is 0 Å². The molecule has 17 heavy (non-hydrogen) atoms. The molecule has 0 bridgehead atoms. The van der Waals surface area contributed by atoms with E-state index in [2.05, 4.69) is 36.2 Å². The first-order valence-corrected chi connectivity index (χ1v) is 6.15. The maximum Gasteiger partial charge on any atom is 0.0557 e. The maximum atomic E-state index is 9.52. The summed E-state index contributed by atoms with van der Waals surface area (Å²) in [6.45, 7) is 3.48. The number of hydrogen-bond donors (Lipinski definition) is 1. The van der Waals surface area contributed by atoms with Crippen LogP contribution in [0.25, 0.3) is 0 Å². The number of rotatable bonds is 5. The highest BCUT2D eigenvalue weighted by Gasteiger charge is 2.35. The molecule has 0 spiro atoms. The van der Waals surface area contributed by atoms with E-state index in [1.165, 1.54) is 5.56 Å². The van der Waals surface area contributed by atoms with Gasteiger partial charge < -0.3 is 14.7 Å². The number of ether oxygens (including phenoxy) is 1. The zero-order chi connectivity index (χ0) is 12.1. The Morgan fingerprint density at radius 2 is 2.12 bits per heavy atom. The minimum atomic E-state index is -0.0521. The van der Waals surface area contributed by atoms with Gasteiger partial charge in [0, 0.05) is 25.1 Å². The molecule has 1 aliphatic rings. The average molecular weight is 235 g/mol. The van der Waals surface area contributed by atoms with Crippen molar-refractivity contribution in [3.05, 3.63) is 35.9 Å². The monoisotopic (exact) mass is 235 g/mol. The molecule has 3 nitrogen and oxygen atoms in total. The zero-order valence-electron chi connectivity index (χ0n) is 10.4. The molecule has 1 aromatic carbocycles. The molecule has 2 rings (SSSR count). The minimum Gasteiger partial charge on any atom is -0.396 e. The van der Waals surface area contributed by atoms with E-state index in [9.17, 15) is 5.11 Å². The van der Waals surface area contributed by atoms with Gasteiger partial charge in [-0.05, 0) is 19.0 Å². The molecular weight excluding hydrogens is 214 g/mol. The van der Waals surface area contributed by atoms with Crippen LogP contribution in [0, 0.1) is 5.41 Å². The molecule has 1 heterocycles. The summed E-state index contributed by atoms with van der Waals surface area (Å²) in [5.74, 6) is 0. The lowest BCUT2D eigenvalue weighted by Crippen LogP contribution is -2.38. The third-order valence-electron chi connectivity index (χ3n) is 3.42.